The molecule has 1 aromatic heterocycles. The van der Waals surface area contributed by atoms with Gasteiger partial charge in [-0.1, -0.05) is 29.8 Å². The number of aromatic nitrogens is 1. The number of ether oxygens (including phenoxy) is 1. The zero-order valence-electron chi connectivity index (χ0n) is 13.2. The van der Waals surface area contributed by atoms with Gasteiger partial charge in [0, 0.05) is 12.2 Å². The smallest absolute Gasteiger partial charge is 0.339 e. The van der Waals surface area contributed by atoms with Crippen molar-refractivity contribution in [1.82, 2.24) is 10.3 Å². The number of methoxy groups -OCH3 is 1. The number of aromatic amines is 1. The van der Waals surface area contributed by atoms with E-state index in [2.05, 4.69) is 10.3 Å². The van der Waals surface area contributed by atoms with Gasteiger partial charge in [0.05, 0.1) is 12.7 Å². The Morgan fingerprint density at radius 3 is 2.59 bits per heavy atom. The maximum atomic E-state index is 12.3. The van der Waals surface area contributed by atoms with Crippen molar-refractivity contribution in [2.75, 3.05) is 7.11 Å². The highest BCUT2D eigenvalue weighted by molar-refractivity contribution is 6.00. The highest BCUT2D eigenvalue weighted by atomic mass is 16.5. The van der Waals surface area contributed by atoms with Crippen molar-refractivity contribution in [1.29, 1.82) is 0 Å². The molecule has 2 rings (SSSR count). The Kier molecular flexibility index (Phi) is 4.65. The third kappa shape index (κ3) is 3.19. The van der Waals surface area contributed by atoms with Crippen LogP contribution >= 0.6 is 0 Å². The summed E-state index contributed by atoms with van der Waals surface area (Å²) < 4.78 is 4.74. The second-order valence-electron chi connectivity index (χ2n) is 5.29. The summed E-state index contributed by atoms with van der Waals surface area (Å²) in [5.41, 5.74) is 4.22. The van der Waals surface area contributed by atoms with E-state index in [9.17, 15) is 9.59 Å². The quantitative estimate of drug-likeness (QED) is 0.853. The van der Waals surface area contributed by atoms with E-state index in [4.69, 9.17) is 4.74 Å². The average Bonchev–Trinajstić information content (AvgIpc) is 2.79. The van der Waals surface area contributed by atoms with Crippen molar-refractivity contribution in [3.05, 3.63) is 57.9 Å². The highest BCUT2D eigenvalue weighted by Crippen LogP contribution is 2.19. The van der Waals surface area contributed by atoms with E-state index in [-0.39, 0.29) is 5.91 Å². The van der Waals surface area contributed by atoms with E-state index in [1.807, 2.05) is 31.2 Å². The van der Waals surface area contributed by atoms with Gasteiger partial charge in [0.25, 0.3) is 5.91 Å². The maximum absolute atomic E-state index is 12.3. The molecule has 5 heteroatoms. The van der Waals surface area contributed by atoms with Crippen molar-refractivity contribution in [3.8, 4) is 0 Å². The van der Waals surface area contributed by atoms with E-state index in [1.54, 1.807) is 13.8 Å². The lowest BCUT2D eigenvalue weighted by atomic mass is 10.1. The van der Waals surface area contributed by atoms with E-state index >= 15 is 0 Å². The van der Waals surface area contributed by atoms with Crippen molar-refractivity contribution in [3.63, 3.8) is 0 Å². The summed E-state index contributed by atoms with van der Waals surface area (Å²) in [6, 6.07) is 7.94. The molecule has 1 amide bonds. The van der Waals surface area contributed by atoms with E-state index in [0.29, 0.717) is 29.1 Å². The van der Waals surface area contributed by atoms with Crippen LogP contribution in [0.3, 0.4) is 0 Å². The zero-order valence-corrected chi connectivity index (χ0v) is 13.2. The number of carbonyl (C=O) groups is 2. The summed E-state index contributed by atoms with van der Waals surface area (Å²) in [7, 11) is 1.33. The summed E-state index contributed by atoms with van der Waals surface area (Å²) in [6.07, 6.45) is 0. The molecule has 5 nitrogen and oxygen atoms in total. The summed E-state index contributed by atoms with van der Waals surface area (Å²) in [5.74, 6) is -0.679. The maximum Gasteiger partial charge on any atom is 0.339 e. The number of esters is 1. The Bertz CT molecular complexity index is 717. The molecule has 0 saturated carbocycles. The molecule has 2 N–H and O–H groups in total. The van der Waals surface area contributed by atoms with Gasteiger partial charge in [-0.25, -0.2) is 4.79 Å². The van der Waals surface area contributed by atoms with Crippen LogP contribution < -0.4 is 5.32 Å². The fourth-order valence-corrected chi connectivity index (χ4v) is 2.48. The first-order valence-corrected chi connectivity index (χ1v) is 7.05. The standard InChI is InChI=1S/C17H20N2O3/c1-10-6-5-7-13(8-10)9-18-16(20)15-11(2)14(12(3)19-15)17(21)22-4/h5-8,19H,9H2,1-4H3,(H,18,20). The first kappa shape index (κ1) is 15.8. The molecule has 22 heavy (non-hydrogen) atoms. The van der Waals surface area contributed by atoms with Crippen molar-refractivity contribution >= 4 is 11.9 Å². The first-order chi connectivity index (χ1) is 10.4. The minimum absolute atomic E-state index is 0.239. The molecular weight excluding hydrogens is 280 g/mol. The lowest BCUT2D eigenvalue weighted by molar-refractivity contribution is 0.0599. The first-order valence-electron chi connectivity index (χ1n) is 7.05. The molecule has 116 valence electrons. The van der Waals surface area contributed by atoms with Gasteiger partial charge in [0.1, 0.15) is 5.69 Å². The normalized spacial score (nSPS) is 10.4. The molecular formula is C17H20N2O3. The minimum Gasteiger partial charge on any atom is -0.465 e. The fraction of sp³-hybridized carbons (Fsp3) is 0.294. The average molecular weight is 300 g/mol. The summed E-state index contributed by atoms with van der Waals surface area (Å²) >= 11 is 0. The highest BCUT2D eigenvalue weighted by Gasteiger charge is 2.22. The number of carbonyl (C=O) groups excluding carboxylic acids is 2. The van der Waals surface area contributed by atoms with Crippen LogP contribution in [0.1, 0.15) is 43.2 Å². The van der Waals surface area contributed by atoms with Gasteiger partial charge < -0.3 is 15.0 Å². The summed E-state index contributed by atoms with van der Waals surface area (Å²) in [5, 5.41) is 2.86. The van der Waals surface area contributed by atoms with Crippen LogP contribution in [-0.2, 0) is 11.3 Å². The number of hydrogen-bond donors (Lipinski definition) is 2. The molecule has 0 unspecified atom stereocenters. The molecule has 0 aliphatic heterocycles. The second kappa shape index (κ2) is 6.47. The van der Waals surface area contributed by atoms with Gasteiger partial charge in [-0.2, -0.15) is 0 Å². The monoisotopic (exact) mass is 300 g/mol. The molecule has 0 fully saturated rings. The molecule has 0 spiro atoms. The predicted molar refractivity (Wildman–Crippen MR) is 84.0 cm³/mol. The molecule has 0 saturated heterocycles. The Balaban J connectivity index is 2.15. The molecule has 0 aliphatic carbocycles. The lowest BCUT2D eigenvalue weighted by Gasteiger charge is -2.06. The number of nitrogens with one attached hydrogen (secondary N) is 2. The Morgan fingerprint density at radius 1 is 1.23 bits per heavy atom. The lowest BCUT2D eigenvalue weighted by Crippen LogP contribution is -2.24. The summed E-state index contributed by atoms with van der Waals surface area (Å²) in [6.45, 7) is 5.92. The topological polar surface area (TPSA) is 71.2 Å². The third-order valence-electron chi connectivity index (χ3n) is 3.59. The van der Waals surface area contributed by atoms with Gasteiger partial charge >= 0.3 is 5.97 Å². The number of aryl methyl sites for hydroxylation is 2. The second-order valence-corrected chi connectivity index (χ2v) is 5.29. The van der Waals surface area contributed by atoms with Crippen LogP contribution in [0, 0.1) is 20.8 Å². The molecule has 1 heterocycles. The number of hydrogen-bond acceptors (Lipinski definition) is 3. The van der Waals surface area contributed by atoms with Crippen LogP contribution in [0.2, 0.25) is 0 Å². The molecule has 0 atom stereocenters. The van der Waals surface area contributed by atoms with Gasteiger partial charge in [0.2, 0.25) is 0 Å². The number of H-pyrrole nitrogens is 1. The summed E-state index contributed by atoms with van der Waals surface area (Å²) in [4.78, 5) is 27.0. The molecule has 0 bridgehead atoms. The molecule has 1 aromatic carbocycles. The zero-order chi connectivity index (χ0) is 16.3. The molecule has 2 aromatic rings. The van der Waals surface area contributed by atoms with Gasteiger partial charge in [-0.05, 0) is 31.9 Å². The third-order valence-corrected chi connectivity index (χ3v) is 3.59. The van der Waals surface area contributed by atoms with Crippen LogP contribution in [0.4, 0.5) is 0 Å². The van der Waals surface area contributed by atoms with E-state index < -0.39 is 5.97 Å². The van der Waals surface area contributed by atoms with Crippen LogP contribution in [0.25, 0.3) is 0 Å². The van der Waals surface area contributed by atoms with Crippen molar-refractivity contribution < 1.29 is 14.3 Å². The predicted octanol–water partition coefficient (Wildman–Crippen LogP) is 2.66. The number of rotatable bonds is 4. The largest absolute Gasteiger partial charge is 0.465 e. The van der Waals surface area contributed by atoms with Gasteiger partial charge in [-0.3, -0.25) is 4.79 Å². The Hall–Kier alpha value is -2.56. The minimum atomic E-state index is -0.441. The van der Waals surface area contributed by atoms with Gasteiger partial charge in [-0.15, -0.1) is 0 Å². The van der Waals surface area contributed by atoms with Crippen LogP contribution in [-0.4, -0.2) is 24.0 Å². The van der Waals surface area contributed by atoms with E-state index in [0.717, 1.165) is 11.1 Å². The molecule has 0 radical (unpaired) electrons. The Morgan fingerprint density at radius 2 is 1.95 bits per heavy atom. The SMILES string of the molecule is COC(=O)c1c(C)[nH]c(C(=O)NCc2cccc(C)c2)c1C. The van der Waals surface area contributed by atoms with Crippen molar-refractivity contribution in [2.24, 2.45) is 0 Å². The van der Waals surface area contributed by atoms with Gasteiger partial charge in [0.15, 0.2) is 0 Å². The number of benzene rings is 1. The van der Waals surface area contributed by atoms with Crippen LogP contribution in [0.5, 0.6) is 0 Å². The van der Waals surface area contributed by atoms with Crippen LogP contribution in [0.15, 0.2) is 24.3 Å². The molecule has 0 aliphatic rings. The number of amides is 1. The van der Waals surface area contributed by atoms with E-state index in [1.165, 1.54) is 7.11 Å². The van der Waals surface area contributed by atoms with Crippen molar-refractivity contribution in [2.45, 2.75) is 27.3 Å². The Labute approximate surface area is 129 Å². The fourth-order valence-electron chi connectivity index (χ4n) is 2.48.